The number of ether oxygens (including phenoxy) is 2. The van der Waals surface area contributed by atoms with E-state index in [1.54, 1.807) is 49.3 Å². The number of carbonyl (C=O) groups is 3. The molecule has 53 heavy (non-hydrogen) atoms. The fourth-order valence-electron chi connectivity index (χ4n) is 8.07. The van der Waals surface area contributed by atoms with Gasteiger partial charge in [-0.25, -0.2) is 0 Å². The topological polar surface area (TPSA) is 276 Å². The lowest BCUT2D eigenvalue weighted by molar-refractivity contribution is -0.277. The van der Waals surface area contributed by atoms with Gasteiger partial charge in [-0.3, -0.25) is 19.3 Å². The van der Waals surface area contributed by atoms with Gasteiger partial charge in [-0.1, -0.05) is 18.2 Å². The molecule has 2 aromatic carbocycles. The third-order valence-corrected chi connectivity index (χ3v) is 10.7. The maximum absolute atomic E-state index is 14.3. The van der Waals surface area contributed by atoms with E-state index in [9.17, 15) is 55.2 Å². The Labute approximate surface area is 303 Å². The second-order valence-corrected chi connectivity index (χ2v) is 14.3. The molecule has 9 unspecified atom stereocenters. The highest BCUT2D eigenvalue weighted by Gasteiger charge is 2.64. The SMILES string of the molecule is CN(C)c1cc(NCc2ccccc2OC2OC(CO)C(O)C(O)C2O)c(O)c2c1CC1CC3C(N(C)C)C(=O)C(C(N)=O)=C(O)C3(O)C(=O)C1=C2O. The van der Waals surface area contributed by atoms with Crippen molar-refractivity contribution in [3.05, 3.63) is 63.9 Å². The molecule has 1 saturated heterocycles. The predicted molar refractivity (Wildman–Crippen MR) is 187 cm³/mol. The molecule has 11 N–H and O–H groups in total. The van der Waals surface area contributed by atoms with E-state index in [1.807, 2.05) is 0 Å². The molecule has 17 nitrogen and oxygen atoms in total. The molecule has 2 aromatic rings. The molecule has 1 aliphatic heterocycles. The summed E-state index contributed by atoms with van der Waals surface area (Å²) < 4.78 is 11.4. The number of aliphatic hydroxyl groups excluding tert-OH is 6. The normalized spacial score (nSPS) is 31.2. The lowest BCUT2D eigenvalue weighted by Crippen LogP contribution is -2.65. The smallest absolute Gasteiger partial charge is 0.255 e. The van der Waals surface area contributed by atoms with Gasteiger partial charge in [0.05, 0.1) is 23.9 Å². The molecule has 1 heterocycles. The molecule has 2 fully saturated rings. The van der Waals surface area contributed by atoms with E-state index >= 15 is 0 Å². The molecular weight excluding hydrogens is 696 g/mol. The van der Waals surface area contributed by atoms with Crippen LogP contribution in [0.4, 0.5) is 11.4 Å². The first-order chi connectivity index (χ1) is 24.9. The molecule has 1 saturated carbocycles. The first-order valence-electron chi connectivity index (χ1n) is 16.9. The summed E-state index contributed by atoms with van der Waals surface area (Å²) in [5, 5.41) is 90.1. The highest BCUT2D eigenvalue weighted by atomic mass is 16.7. The van der Waals surface area contributed by atoms with Gasteiger partial charge in [0.1, 0.15) is 53.0 Å². The van der Waals surface area contributed by atoms with E-state index in [1.165, 1.54) is 19.0 Å². The summed E-state index contributed by atoms with van der Waals surface area (Å²) in [6, 6.07) is 7.03. The fraction of sp³-hybridized carbons (Fsp3) is 0.472. The van der Waals surface area contributed by atoms with Crippen molar-refractivity contribution < 1.29 is 64.7 Å². The van der Waals surface area contributed by atoms with E-state index in [2.05, 4.69) is 5.32 Å². The summed E-state index contributed by atoms with van der Waals surface area (Å²) in [6.07, 6.45) is -7.47. The van der Waals surface area contributed by atoms with E-state index in [-0.39, 0.29) is 42.0 Å². The number of aromatic hydroxyl groups is 1. The second-order valence-electron chi connectivity index (χ2n) is 14.3. The molecule has 0 bridgehead atoms. The number of phenols is 1. The third kappa shape index (κ3) is 5.97. The number of ketones is 2. The Morgan fingerprint density at radius 3 is 2.36 bits per heavy atom. The second kappa shape index (κ2) is 13.9. The summed E-state index contributed by atoms with van der Waals surface area (Å²) >= 11 is 0. The Morgan fingerprint density at radius 1 is 1.06 bits per heavy atom. The maximum Gasteiger partial charge on any atom is 0.255 e. The molecule has 1 amide bonds. The number of nitrogens with one attached hydrogen (secondary N) is 1. The number of Topliss-reactive ketones (excluding diaryl/α,β-unsaturated/α-hetero) is 2. The first-order valence-corrected chi connectivity index (χ1v) is 16.9. The number of hydrogen-bond acceptors (Lipinski definition) is 16. The zero-order valence-corrected chi connectivity index (χ0v) is 29.4. The van der Waals surface area contributed by atoms with Crippen molar-refractivity contribution in [2.75, 3.05) is 45.0 Å². The number of rotatable bonds is 9. The van der Waals surface area contributed by atoms with E-state index in [0.717, 1.165) is 0 Å². The number of hydrogen-bond donors (Lipinski definition) is 10. The van der Waals surface area contributed by atoms with Crippen LogP contribution in [-0.4, -0.2) is 140 Å². The third-order valence-electron chi connectivity index (χ3n) is 10.7. The molecule has 6 rings (SSSR count). The average Bonchev–Trinajstić information content (AvgIpc) is 3.09. The summed E-state index contributed by atoms with van der Waals surface area (Å²) in [5.41, 5.74) is 3.02. The van der Waals surface area contributed by atoms with Crippen molar-refractivity contribution >= 4 is 34.6 Å². The Kier molecular flexibility index (Phi) is 9.97. The van der Waals surface area contributed by atoms with E-state index < -0.39 is 101 Å². The minimum atomic E-state index is -2.77. The number of fused-ring (bicyclic) bond motifs is 3. The predicted octanol–water partition coefficient (Wildman–Crippen LogP) is -1.18. The van der Waals surface area contributed by atoms with Crippen molar-refractivity contribution in [2.24, 2.45) is 17.6 Å². The van der Waals surface area contributed by atoms with Gasteiger partial charge < -0.3 is 66.3 Å². The standard InChI is InChI=1S/C36H44N4O13/c1-39(2)19-11-18(38-12-14-7-5-6-8-20(14)52-35-31(47)30(46)27(43)21(13-41)53-35)26(42)23-16(19)9-15-10-17-25(40(3)4)29(45)24(34(37)50)33(49)36(17,51)32(48)22(15)28(23)44/h5-8,11,15,17,21,25,27,30-31,35,38,41-44,46-47,49,51H,9-10,12-13H2,1-4H3,(H2,37,50). The molecule has 9 atom stereocenters. The highest BCUT2D eigenvalue weighted by Crippen LogP contribution is 2.54. The number of phenolic OH excluding ortho intramolecular Hbond substituents is 1. The Bertz CT molecular complexity index is 1910. The van der Waals surface area contributed by atoms with Crippen LogP contribution in [0.25, 0.3) is 5.76 Å². The van der Waals surface area contributed by atoms with Gasteiger partial charge in [-0.15, -0.1) is 0 Å². The largest absolute Gasteiger partial charge is 0.508 e. The van der Waals surface area contributed by atoms with E-state index in [0.29, 0.717) is 16.8 Å². The van der Waals surface area contributed by atoms with Crippen LogP contribution >= 0.6 is 0 Å². The number of amides is 1. The van der Waals surface area contributed by atoms with Gasteiger partial charge in [0.15, 0.2) is 11.4 Å². The number of primary amides is 1. The minimum absolute atomic E-state index is 0.0123. The summed E-state index contributed by atoms with van der Waals surface area (Å²) in [4.78, 5) is 43.1. The number of aliphatic hydroxyl groups is 7. The van der Waals surface area contributed by atoms with Crippen LogP contribution in [0, 0.1) is 11.8 Å². The van der Waals surface area contributed by atoms with Gasteiger partial charge in [0.25, 0.3) is 5.91 Å². The summed E-state index contributed by atoms with van der Waals surface area (Å²) in [6.45, 7) is -0.654. The lowest BCUT2D eigenvalue weighted by Gasteiger charge is -2.50. The van der Waals surface area contributed by atoms with Crippen LogP contribution in [0.15, 0.2) is 47.2 Å². The van der Waals surface area contributed by atoms with E-state index in [4.69, 9.17) is 15.2 Å². The number of para-hydroxylation sites is 1. The van der Waals surface area contributed by atoms with Gasteiger partial charge >= 0.3 is 0 Å². The zero-order valence-electron chi connectivity index (χ0n) is 29.4. The van der Waals surface area contributed by atoms with Crippen LogP contribution in [-0.2, 0) is 32.1 Å². The quantitative estimate of drug-likeness (QED) is 0.107. The number of carbonyl (C=O) groups excluding carboxylic acids is 3. The molecule has 0 spiro atoms. The zero-order chi connectivity index (χ0) is 38.8. The molecule has 4 aliphatic rings. The Morgan fingerprint density at radius 2 is 1.74 bits per heavy atom. The monoisotopic (exact) mass is 740 g/mol. The maximum atomic E-state index is 14.3. The van der Waals surface area contributed by atoms with Crippen molar-refractivity contribution in [3.8, 4) is 11.5 Å². The van der Waals surface area contributed by atoms with Crippen LogP contribution in [0.1, 0.15) is 23.1 Å². The van der Waals surface area contributed by atoms with Crippen LogP contribution < -0.4 is 20.7 Å². The van der Waals surface area contributed by atoms with Crippen molar-refractivity contribution in [3.63, 3.8) is 0 Å². The van der Waals surface area contributed by atoms with Crippen molar-refractivity contribution in [1.29, 1.82) is 0 Å². The first kappa shape index (κ1) is 38.0. The number of nitrogens with two attached hydrogens (primary N) is 1. The number of anilines is 2. The molecule has 0 aromatic heterocycles. The number of benzene rings is 2. The van der Waals surface area contributed by atoms with Crippen LogP contribution in [0.5, 0.6) is 11.5 Å². The van der Waals surface area contributed by atoms with Crippen LogP contribution in [0.3, 0.4) is 0 Å². The van der Waals surface area contributed by atoms with Gasteiger partial charge in [-0.05, 0) is 50.6 Å². The summed E-state index contributed by atoms with van der Waals surface area (Å²) in [7, 11) is 6.56. The number of nitrogens with zero attached hydrogens (tertiary/aromatic N) is 2. The fourth-order valence-corrected chi connectivity index (χ4v) is 8.07. The number of likely N-dealkylation sites (N-methyl/N-ethyl adjacent to an activating group) is 1. The van der Waals surface area contributed by atoms with Crippen LogP contribution in [0.2, 0.25) is 0 Å². The Balaban J connectivity index is 1.37. The molecular formula is C36H44N4O13. The molecule has 17 heteroatoms. The van der Waals surface area contributed by atoms with Crippen molar-refractivity contribution in [2.45, 2.75) is 61.7 Å². The minimum Gasteiger partial charge on any atom is -0.508 e. The molecule has 3 aliphatic carbocycles. The lowest BCUT2D eigenvalue weighted by atomic mass is 9.57. The summed E-state index contributed by atoms with van der Waals surface area (Å²) in [5.74, 6) is -7.29. The Hall–Kier alpha value is -4.75. The van der Waals surface area contributed by atoms with Gasteiger partial charge in [-0.2, -0.15) is 0 Å². The van der Waals surface area contributed by atoms with Gasteiger partial charge in [0.2, 0.25) is 12.1 Å². The molecule has 0 radical (unpaired) electrons. The molecule has 286 valence electrons. The highest BCUT2D eigenvalue weighted by molar-refractivity contribution is 6.24. The van der Waals surface area contributed by atoms with Gasteiger partial charge in [0, 0.05) is 43.4 Å². The average molecular weight is 741 g/mol. The van der Waals surface area contributed by atoms with Crippen molar-refractivity contribution in [1.82, 2.24) is 4.90 Å².